The first-order valence-electron chi connectivity index (χ1n) is 4.57. The van der Waals surface area contributed by atoms with Crippen molar-refractivity contribution in [1.82, 2.24) is 14.8 Å². The fourth-order valence-corrected chi connectivity index (χ4v) is 1.65. The van der Waals surface area contributed by atoms with E-state index >= 15 is 0 Å². The molecule has 0 amide bonds. The van der Waals surface area contributed by atoms with Gasteiger partial charge in [0.25, 0.3) is 0 Å². The molecule has 78 valence electrons. The average Bonchev–Trinajstić information content (AvgIpc) is 2.67. The van der Waals surface area contributed by atoms with Gasteiger partial charge in [0.15, 0.2) is 0 Å². The highest BCUT2D eigenvalue weighted by atomic mass is 32.1. The Bertz CT molecular complexity index is 468. The Labute approximate surface area is 92.1 Å². The summed E-state index contributed by atoms with van der Waals surface area (Å²) in [5.41, 5.74) is 3.55. The Morgan fingerprint density at radius 1 is 1.07 bits per heavy atom. The summed E-state index contributed by atoms with van der Waals surface area (Å²) in [6, 6.07) is 4.10. The van der Waals surface area contributed by atoms with Gasteiger partial charge in [0.2, 0.25) is 0 Å². The molecule has 15 heavy (non-hydrogen) atoms. The molecule has 0 atom stereocenters. The number of nitrogens with zero attached hydrogens (tertiary/aromatic N) is 3. The van der Waals surface area contributed by atoms with Gasteiger partial charge in [0, 0.05) is 11.5 Å². The standard InChI is InChI=1S/C10H11N3OS/c1-6-4-8(3)9(5-7(6)2)14-10-11-12-13-15-10/h4-5H,1-3H3. The van der Waals surface area contributed by atoms with E-state index in [4.69, 9.17) is 4.74 Å². The molecule has 0 fully saturated rings. The molecular formula is C10H11N3OS. The van der Waals surface area contributed by atoms with Crippen molar-refractivity contribution < 1.29 is 4.74 Å². The second-order valence-electron chi connectivity index (χ2n) is 3.43. The maximum absolute atomic E-state index is 5.57. The van der Waals surface area contributed by atoms with Crippen LogP contribution in [0.5, 0.6) is 10.9 Å². The zero-order valence-electron chi connectivity index (χ0n) is 8.81. The molecule has 1 aromatic carbocycles. The Hall–Kier alpha value is -1.49. The van der Waals surface area contributed by atoms with E-state index in [0.29, 0.717) is 5.19 Å². The highest BCUT2D eigenvalue weighted by Crippen LogP contribution is 2.27. The minimum atomic E-state index is 0.473. The minimum Gasteiger partial charge on any atom is -0.428 e. The summed E-state index contributed by atoms with van der Waals surface area (Å²) in [7, 11) is 0. The van der Waals surface area contributed by atoms with Crippen LogP contribution in [0.3, 0.4) is 0 Å². The van der Waals surface area contributed by atoms with Gasteiger partial charge in [-0.15, -0.1) is 0 Å². The van der Waals surface area contributed by atoms with Crippen LogP contribution < -0.4 is 4.74 Å². The van der Waals surface area contributed by atoms with Crippen molar-refractivity contribution in [1.29, 1.82) is 0 Å². The van der Waals surface area contributed by atoms with Crippen molar-refractivity contribution in [3.05, 3.63) is 28.8 Å². The van der Waals surface area contributed by atoms with Crippen LogP contribution in [0.25, 0.3) is 0 Å². The van der Waals surface area contributed by atoms with Gasteiger partial charge < -0.3 is 4.74 Å². The third-order valence-corrected chi connectivity index (χ3v) is 2.75. The third kappa shape index (κ3) is 2.12. The minimum absolute atomic E-state index is 0.473. The van der Waals surface area contributed by atoms with Crippen molar-refractivity contribution in [2.24, 2.45) is 0 Å². The van der Waals surface area contributed by atoms with Crippen LogP contribution in [0.4, 0.5) is 0 Å². The molecule has 2 rings (SSSR count). The molecule has 0 spiro atoms. The number of benzene rings is 1. The summed E-state index contributed by atoms with van der Waals surface area (Å²) in [6.07, 6.45) is 0. The van der Waals surface area contributed by atoms with E-state index in [1.54, 1.807) is 0 Å². The number of hydrogen-bond donors (Lipinski definition) is 0. The summed E-state index contributed by atoms with van der Waals surface area (Å²) in [6.45, 7) is 6.15. The molecule has 2 aromatic rings. The van der Waals surface area contributed by atoms with Gasteiger partial charge in [-0.05, 0) is 48.7 Å². The summed E-state index contributed by atoms with van der Waals surface area (Å²) < 4.78 is 9.21. The monoisotopic (exact) mass is 221 g/mol. The molecule has 5 heteroatoms. The summed E-state index contributed by atoms with van der Waals surface area (Å²) >= 11 is 1.14. The van der Waals surface area contributed by atoms with Gasteiger partial charge in [-0.2, -0.15) is 0 Å². The molecule has 4 nitrogen and oxygen atoms in total. The molecule has 0 N–H and O–H groups in total. The zero-order valence-corrected chi connectivity index (χ0v) is 9.63. The quantitative estimate of drug-likeness (QED) is 0.782. The second-order valence-corrected chi connectivity index (χ2v) is 4.13. The lowest BCUT2D eigenvalue weighted by molar-refractivity contribution is 0.468. The third-order valence-electron chi connectivity index (χ3n) is 2.27. The van der Waals surface area contributed by atoms with E-state index in [1.165, 1.54) is 11.1 Å². The molecule has 0 saturated heterocycles. The molecule has 0 aliphatic rings. The summed E-state index contributed by atoms with van der Waals surface area (Å²) in [4.78, 5) is 0. The topological polar surface area (TPSA) is 47.9 Å². The summed E-state index contributed by atoms with van der Waals surface area (Å²) in [5.74, 6) is 0.816. The Balaban J connectivity index is 2.33. The van der Waals surface area contributed by atoms with Gasteiger partial charge in [0.1, 0.15) is 5.75 Å². The SMILES string of the molecule is Cc1cc(C)c(Oc2nnns2)cc1C. The molecule has 0 bridgehead atoms. The lowest BCUT2D eigenvalue weighted by atomic mass is 10.1. The Kier molecular flexibility index (Phi) is 2.64. The fraction of sp³-hybridized carbons (Fsp3) is 0.300. The Morgan fingerprint density at radius 2 is 1.80 bits per heavy atom. The van der Waals surface area contributed by atoms with Crippen LogP contribution in [0.1, 0.15) is 16.7 Å². The van der Waals surface area contributed by atoms with Gasteiger partial charge in [0.05, 0.1) is 0 Å². The van der Waals surface area contributed by atoms with E-state index < -0.39 is 0 Å². The van der Waals surface area contributed by atoms with E-state index in [0.717, 1.165) is 22.8 Å². The lowest BCUT2D eigenvalue weighted by Crippen LogP contribution is -1.90. The molecule has 0 aliphatic heterocycles. The van der Waals surface area contributed by atoms with Crippen LogP contribution in [-0.4, -0.2) is 14.8 Å². The predicted octanol–water partition coefficient (Wildman–Crippen LogP) is 2.65. The highest BCUT2D eigenvalue weighted by molar-refractivity contribution is 7.07. The second kappa shape index (κ2) is 3.94. The molecule has 0 radical (unpaired) electrons. The first-order chi connectivity index (χ1) is 7.16. The van der Waals surface area contributed by atoms with Crippen molar-refractivity contribution >= 4 is 11.5 Å². The van der Waals surface area contributed by atoms with E-state index in [1.807, 2.05) is 13.0 Å². The highest BCUT2D eigenvalue weighted by Gasteiger charge is 2.06. The van der Waals surface area contributed by atoms with Crippen LogP contribution in [0.2, 0.25) is 0 Å². The largest absolute Gasteiger partial charge is 0.428 e. The first kappa shape index (κ1) is 10.0. The smallest absolute Gasteiger partial charge is 0.319 e. The van der Waals surface area contributed by atoms with Crippen LogP contribution in [0, 0.1) is 20.8 Å². The van der Waals surface area contributed by atoms with Crippen LogP contribution >= 0.6 is 11.5 Å². The van der Waals surface area contributed by atoms with Gasteiger partial charge in [-0.1, -0.05) is 15.7 Å². The Morgan fingerprint density at radius 3 is 2.47 bits per heavy atom. The van der Waals surface area contributed by atoms with E-state index in [9.17, 15) is 0 Å². The van der Waals surface area contributed by atoms with Crippen molar-refractivity contribution in [2.75, 3.05) is 0 Å². The number of ether oxygens (including phenoxy) is 1. The molecule has 0 unspecified atom stereocenters. The van der Waals surface area contributed by atoms with Crippen molar-refractivity contribution in [2.45, 2.75) is 20.8 Å². The van der Waals surface area contributed by atoms with Gasteiger partial charge >= 0.3 is 5.19 Å². The van der Waals surface area contributed by atoms with E-state index in [-0.39, 0.29) is 0 Å². The normalized spacial score (nSPS) is 10.3. The number of aromatic nitrogens is 3. The maximum Gasteiger partial charge on any atom is 0.319 e. The average molecular weight is 221 g/mol. The fourth-order valence-electron chi connectivity index (χ4n) is 1.30. The molecular weight excluding hydrogens is 210 g/mol. The zero-order chi connectivity index (χ0) is 10.8. The number of aryl methyl sites for hydroxylation is 3. The summed E-state index contributed by atoms with van der Waals surface area (Å²) in [5, 5.41) is 7.69. The maximum atomic E-state index is 5.57. The van der Waals surface area contributed by atoms with Crippen LogP contribution in [0.15, 0.2) is 12.1 Å². The number of hydrogen-bond acceptors (Lipinski definition) is 5. The van der Waals surface area contributed by atoms with Gasteiger partial charge in [-0.25, -0.2) is 0 Å². The van der Waals surface area contributed by atoms with Gasteiger partial charge in [-0.3, -0.25) is 0 Å². The first-order valence-corrected chi connectivity index (χ1v) is 5.35. The number of rotatable bonds is 2. The molecule has 0 aliphatic carbocycles. The molecule has 0 saturated carbocycles. The molecule has 1 aromatic heterocycles. The predicted molar refractivity (Wildman–Crippen MR) is 58.4 cm³/mol. The van der Waals surface area contributed by atoms with Crippen LogP contribution in [-0.2, 0) is 0 Å². The van der Waals surface area contributed by atoms with E-state index in [2.05, 4.69) is 34.7 Å². The molecule has 1 heterocycles. The lowest BCUT2D eigenvalue weighted by Gasteiger charge is -2.08. The van der Waals surface area contributed by atoms with Crippen molar-refractivity contribution in [3.63, 3.8) is 0 Å². The van der Waals surface area contributed by atoms with Crippen molar-refractivity contribution in [3.8, 4) is 10.9 Å².